The number of unbranched alkanes of at least 4 members (excludes halogenated alkanes) is 26. The lowest BCUT2D eigenvalue weighted by Crippen LogP contribution is -2.66. The molecule has 110 heavy (non-hydrogen) atoms. The number of nitrogens with one attached hydrogen (secondary N) is 1. The summed E-state index contributed by atoms with van der Waals surface area (Å²) < 4.78 is 34.4. The molecule has 3 saturated heterocycles. The number of rotatable bonds is 66. The molecular formula is C91H151NO18. The molecule has 3 aliphatic rings. The first-order valence-corrected chi connectivity index (χ1v) is 42.7. The second kappa shape index (κ2) is 68.8. The van der Waals surface area contributed by atoms with Gasteiger partial charge in [0, 0.05) is 6.42 Å². The summed E-state index contributed by atoms with van der Waals surface area (Å²) in [6, 6.07) is -1.02. The van der Waals surface area contributed by atoms with Crippen LogP contribution in [0.4, 0.5) is 0 Å². The van der Waals surface area contributed by atoms with Gasteiger partial charge in [0.1, 0.15) is 73.2 Å². The molecule has 19 nitrogen and oxygen atoms in total. The van der Waals surface area contributed by atoms with Crippen molar-refractivity contribution in [3.63, 3.8) is 0 Å². The standard InChI is InChI=1S/C91H151NO18/c1-3-5-7-9-11-13-15-17-19-21-23-25-27-29-31-33-34-35-36-37-38-39-40-41-43-45-47-49-51-53-55-57-59-61-63-65-67-69-79(97)92-74(75(96)68-66-64-62-60-58-56-54-52-50-48-46-44-42-32-30-28-26-24-22-20-18-16-14-12-10-8-6-4-2)73-105-89-85(103)82(100)87(77(71-94)107-89)110-91-86(104)83(101)88(78(72-95)108-91)109-90-84(102)81(99)80(98)76(70-93)106-90/h5,7,11,13,17,19,23,25,29,31,34-35,37-38,40-41,45,47,51,53,57-60,66,68,74-78,80-91,93-96,98-104H,3-4,6,8-10,12,14-16,18,20-22,24,26-28,30,32-33,36,39,42-44,46,48-50,52,54-56,61-65,67,69-73H2,1-2H3,(H,92,97)/b7-5-,13-11-,19-17-,25-23-,31-29-,35-34-,38-37-,41-40-,47-45-,53-51-,59-57-,60-58+,68-66+. The summed E-state index contributed by atoms with van der Waals surface area (Å²) in [6.45, 7) is 1.59. The third kappa shape index (κ3) is 47.3. The van der Waals surface area contributed by atoms with Gasteiger partial charge in [0.15, 0.2) is 18.9 Å². The van der Waals surface area contributed by atoms with Gasteiger partial charge in [-0.05, 0) is 116 Å². The number of carbonyl (C=O) groups is 1. The van der Waals surface area contributed by atoms with Crippen LogP contribution < -0.4 is 5.32 Å². The molecule has 0 saturated carbocycles. The molecule has 0 aliphatic carbocycles. The van der Waals surface area contributed by atoms with Crippen LogP contribution in [0.5, 0.6) is 0 Å². The molecule has 19 heteroatoms. The molecule has 0 radical (unpaired) electrons. The fourth-order valence-corrected chi connectivity index (χ4v) is 13.3. The molecule has 0 aromatic carbocycles. The first-order chi connectivity index (χ1) is 53.8. The number of aliphatic hydroxyl groups is 11. The maximum absolute atomic E-state index is 13.5. The van der Waals surface area contributed by atoms with Gasteiger partial charge in [0.2, 0.25) is 5.91 Å². The molecule has 3 fully saturated rings. The minimum atomic E-state index is -1.99. The highest BCUT2D eigenvalue weighted by Crippen LogP contribution is 2.33. The minimum absolute atomic E-state index is 0.185. The third-order valence-electron chi connectivity index (χ3n) is 20.1. The van der Waals surface area contributed by atoms with E-state index in [2.05, 4.69) is 165 Å². The van der Waals surface area contributed by atoms with E-state index in [1.165, 1.54) is 135 Å². The monoisotopic (exact) mass is 1550 g/mol. The van der Waals surface area contributed by atoms with Crippen LogP contribution in [0.15, 0.2) is 158 Å². The summed E-state index contributed by atoms with van der Waals surface area (Å²) in [5, 5.41) is 121. The first kappa shape index (κ1) is 99.6. The lowest BCUT2D eigenvalue weighted by Gasteiger charge is -2.48. The van der Waals surface area contributed by atoms with Crippen LogP contribution in [0.2, 0.25) is 0 Å². The zero-order valence-corrected chi connectivity index (χ0v) is 67.4. The number of allylic oxidation sites excluding steroid dienone is 25. The first-order valence-electron chi connectivity index (χ1n) is 42.7. The Hall–Kier alpha value is -4.59. The average Bonchev–Trinajstić information content (AvgIpc) is 0.784. The van der Waals surface area contributed by atoms with Crippen LogP contribution in [-0.4, -0.2) is 193 Å². The van der Waals surface area contributed by atoms with Gasteiger partial charge in [-0.25, -0.2) is 0 Å². The summed E-state index contributed by atoms with van der Waals surface area (Å²) in [6.07, 6.45) is 75.2. The fraction of sp³-hybridized carbons (Fsp3) is 0.703. The fourth-order valence-electron chi connectivity index (χ4n) is 13.3. The van der Waals surface area contributed by atoms with Crippen LogP contribution in [0.1, 0.15) is 277 Å². The molecule has 17 atom stereocenters. The highest BCUT2D eigenvalue weighted by molar-refractivity contribution is 5.76. The molecule has 1 amide bonds. The van der Waals surface area contributed by atoms with Crippen molar-refractivity contribution in [2.45, 2.75) is 381 Å². The van der Waals surface area contributed by atoms with Crippen molar-refractivity contribution in [1.29, 1.82) is 0 Å². The van der Waals surface area contributed by atoms with Gasteiger partial charge in [-0.1, -0.05) is 313 Å². The van der Waals surface area contributed by atoms with Crippen molar-refractivity contribution in [2.24, 2.45) is 0 Å². The van der Waals surface area contributed by atoms with E-state index in [1.807, 2.05) is 6.08 Å². The quantitative estimate of drug-likeness (QED) is 0.0199. The van der Waals surface area contributed by atoms with Crippen molar-refractivity contribution in [3.05, 3.63) is 158 Å². The van der Waals surface area contributed by atoms with Gasteiger partial charge < -0.3 is 89.9 Å². The maximum atomic E-state index is 13.5. The number of ether oxygens (including phenoxy) is 6. The molecule has 0 spiro atoms. The Morgan fingerprint density at radius 2 is 0.636 bits per heavy atom. The van der Waals surface area contributed by atoms with Crippen LogP contribution in [0.25, 0.3) is 0 Å². The Kier molecular flexibility index (Phi) is 62.3. The van der Waals surface area contributed by atoms with Gasteiger partial charge in [-0.2, -0.15) is 0 Å². The molecule has 3 aliphatic heterocycles. The Labute approximate surface area is 663 Å². The van der Waals surface area contributed by atoms with Crippen LogP contribution in [-0.2, 0) is 33.2 Å². The van der Waals surface area contributed by atoms with Crippen molar-refractivity contribution >= 4 is 5.91 Å². The second-order valence-electron chi connectivity index (χ2n) is 29.6. The van der Waals surface area contributed by atoms with Crippen LogP contribution in [0.3, 0.4) is 0 Å². The number of hydrogen-bond acceptors (Lipinski definition) is 18. The van der Waals surface area contributed by atoms with Gasteiger partial charge in [0.25, 0.3) is 0 Å². The molecule has 0 aromatic heterocycles. The zero-order valence-electron chi connectivity index (χ0n) is 67.4. The van der Waals surface area contributed by atoms with Crippen molar-refractivity contribution in [2.75, 3.05) is 26.4 Å². The van der Waals surface area contributed by atoms with Crippen LogP contribution >= 0.6 is 0 Å². The lowest BCUT2D eigenvalue weighted by molar-refractivity contribution is -0.379. The summed E-state index contributed by atoms with van der Waals surface area (Å²) >= 11 is 0. The molecule has 0 aromatic rings. The molecule has 3 rings (SSSR count). The van der Waals surface area contributed by atoms with Gasteiger partial charge in [-0.15, -0.1) is 0 Å². The zero-order chi connectivity index (χ0) is 79.5. The summed E-state index contributed by atoms with van der Waals surface area (Å²) in [5.74, 6) is -0.321. The molecule has 3 heterocycles. The summed E-state index contributed by atoms with van der Waals surface area (Å²) in [7, 11) is 0. The number of aliphatic hydroxyl groups excluding tert-OH is 11. The largest absolute Gasteiger partial charge is 0.394 e. The molecule has 17 unspecified atom stereocenters. The van der Waals surface area contributed by atoms with Gasteiger partial charge in [-0.3, -0.25) is 4.79 Å². The summed E-state index contributed by atoms with van der Waals surface area (Å²) in [5.41, 5.74) is 0. The molecule has 628 valence electrons. The third-order valence-corrected chi connectivity index (χ3v) is 20.1. The van der Waals surface area contributed by atoms with Crippen molar-refractivity contribution in [3.8, 4) is 0 Å². The Morgan fingerprint density at radius 3 is 1.02 bits per heavy atom. The second-order valence-corrected chi connectivity index (χ2v) is 29.6. The smallest absolute Gasteiger partial charge is 0.220 e. The van der Waals surface area contributed by atoms with E-state index in [4.69, 9.17) is 28.4 Å². The van der Waals surface area contributed by atoms with Gasteiger partial charge in [0.05, 0.1) is 38.6 Å². The number of carbonyl (C=O) groups excluding carboxylic acids is 1. The van der Waals surface area contributed by atoms with E-state index < -0.39 is 131 Å². The van der Waals surface area contributed by atoms with E-state index in [-0.39, 0.29) is 12.3 Å². The SMILES string of the molecule is CC/C=C\C/C=C\C/C=C\C/C=C\C/C=C\C/C=C\C/C=C\C/C=C\C/C=C\C/C=C\C/C=C\CCCCCC(=O)NC(COC1OC(CO)C(OC2OC(CO)C(OC3OC(CO)C(O)C(O)C3O)C(O)C2O)C(O)C1O)C(O)/C=C/CC/C=C/CCCCCCCCCCCCCCCCCCCCCCCC. The molecule has 0 bridgehead atoms. The van der Waals surface area contributed by atoms with E-state index >= 15 is 0 Å². The Balaban J connectivity index is 1.39. The maximum Gasteiger partial charge on any atom is 0.220 e. The van der Waals surface area contributed by atoms with E-state index in [9.17, 15) is 61.0 Å². The molecule has 12 N–H and O–H groups in total. The van der Waals surface area contributed by atoms with Crippen molar-refractivity contribution < 1.29 is 89.4 Å². The Morgan fingerprint density at radius 1 is 0.336 bits per heavy atom. The topological polar surface area (TPSA) is 307 Å². The van der Waals surface area contributed by atoms with Gasteiger partial charge >= 0.3 is 0 Å². The molecular weight excluding hydrogens is 1390 g/mol. The van der Waals surface area contributed by atoms with E-state index in [0.717, 1.165) is 109 Å². The number of hydrogen-bond donors (Lipinski definition) is 12. The van der Waals surface area contributed by atoms with Crippen LogP contribution in [0, 0.1) is 0 Å². The highest BCUT2D eigenvalue weighted by atomic mass is 16.8. The predicted octanol–water partition coefficient (Wildman–Crippen LogP) is 15.6. The number of amides is 1. The summed E-state index contributed by atoms with van der Waals surface area (Å²) in [4.78, 5) is 13.5. The van der Waals surface area contributed by atoms with E-state index in [1.54, 1.807) is 6.08 Å². The minimum Gasteiger partial charge on any atom is -0.394 e. The van der Waals surface area contributed by atoms with Crippen molar-refractivity contribution in [1.82, 2.24) is 5.32 Å². The predicted molar refractivity (Wildman–Crippen MR) is 442 cm³/mol. The highest BCUT2D eigenvalue weighted by Gasteiger charge is 2.54. The lowest BCUT2D eigenvalue weighted by atomic mass is 9.96. The normalized spacial score (nSPS) is 26.0. The average molecular weight is 1550 g/mol. The van der Waals surface area contributed by atoms with E-state index in [0.29, 0.717) is 12.8 Å². The Bertz CT molecular complexity index is 2610.